The quantitative estimate of drug-likeness (QED) is 0.575. The Kier molecular flexibility index (Phi) is 7.94. The number of piperidine rings is 1. The van der Waals surface area contributed by atoms with Crippen LogP contribution in [0.4, 0.5) is 11.4 Å². The van der Waals surface area contributed by atoms with E-state index >= 15 is 0 Å². The number of amides is 1. The molecule has 0 aliphatic carbocycles. The van der Waals surface area contributed by atoms with Crippen LogP contribution in [0, 0.1) is 5.92 Å². The molecule has 0 saturated carbocycles. The Morgan fingerprint density at radius 2 is 1.90 bits per heavy atom. The van der Waals surface area contributed by atoms with E-state index in [9.17, 15) is 4.79 Å². The number of thiocarbonyl (C=S) groups is 1. The number of rotatable bonds is 6. The van der Waals surface area contributed by atoms with Crippen molar-refractivity contribution in [3.8, 4) is 5.75 Å². The number of halogens is 1. The largest absolute Gasteiger partial charge is 0.493 e. The van der Waals surface area contributed by atoms with Gasteiger partial charge in [0.25, 0.3) is 5.91 Å². The molecule has 3 rings (SSSR count). The maximum absolute atomic E-state index is 12.7. The molecule has 1 aliphatic heterocycles. The predicted molar refractivity (Wildman–Crippen MR) is 128 cm³/mol. The first-order valence-corrected chi connectivity index (χ1v) is 11.1. The zero-order chi connectivity index (χ0) is 21.5. The van der Waals surface area contributed by atoms with Gasteiger partial charge in [-0.05, 0) is 67.7 Å². The van der Waals surface area contributed by atoms with Crippen LogP contribution in [0.5, 0.6) is 5.75 Å². The van der Waals surface area contributed by atoms with Crippen molar-refractivity contribution in [1.82, 2.24) is 5.32 Å². The van der Waals surface area contributed by atoms with E-state index in [4.69, 9.17) is 28.6 Å². The summed E-state index contributed by atoms with van der Waals surface area (Å²) in [6.07, 6.45) is 3.51. The van der Waals surface area contributed by atoms with Crippen LogP contribution in [-0.4, -0.2) is 30.7 Å². The second kappa shape index (κ2) is 10.6. The molecule has 2 N–H and O–H groups in total. The van der Waals surface area contributed by atoms with Crippen molar-refractivity contribution in [3.05, 3.63) is 53.1 Å². The lowest BCUT2D eigenvalue weighted by Gasteiger charge is -2.31. The highest BCUT2D eigenvalue weighted by atomic mass is 35.5. The van der Waals surface area contributed by atoms with E-state index in [1.807, 2.05) is 24.3 Å². The Bertz CT molecular complexity index is 898. The molecule has 1 aliphatic rings. The molecule has 0 bridgehead atoms. The maximum Gasteiger partial charge on any atom is 0.257 e. The van der Waals surface area contributed by atoms with Crippen molar-refractivity contribution < 1.29 is 9.53 Å². The third-order valence-corrected chi connectivity index (χ3v) is 5.32. The fraction of sp³-hybridized carbons (Fsp3) is 0.391. The van der Waals surface area contributed by atoms with Crippen LogP contribution in [0.3, 0.4) is 0 Å². The summed E-state index contributed by atoms with van der Waals surface area (Å²) >= 11 is 11.9. The van der Waals surface area contributed by atoms with Crippen LogP contribution in [-0.2, 0) is 0 Å². The highest BCUT2D eigenvalue weighted by molar-refractivity contribution is 7.80. The number of hydrogen-bond acceptors (Lipinski definition) is 4. The number of benzene rings is 2. The van der Waals surface area contributed by atoms with Gasteiger partial charge in [-0.2, -0.15) is 0 Å². The number of nitrogens with zero attached hydrogens (tertiary/aromatic N) is 1. The second-order valence-electron chi connectivity index (χ2n) is 7.82. The Morgan fingerprint density at radius 3 is 2.63 bits per heavy atom. The number of anilines is 2. The minimum absolute atomic E-state index is 0.231. The lowest BCUT2D eigenvalue weighted by molar-refractivity contribution is 0.0977. The molecule has 0 atom stereocenters. The molecule has 1 fully saturated rings. The molecule has 1 amide bonds. The van der Waals surface area contributed by atoms with Crippen LogP contribution in [0.15, 0.2) is 42.5 Å². The van der Waals surface area contributed by atoms with Crippen molar-refractivity contribution in [2.75, 3.05) is 29.9 Å². The van der Waals surface area contributed by atoms with Gasteiger partial charge < -0.3 is 15.0 Å². The summed E-state index contributed by atoms with van der Waals surface area (Å²) in [6.45, 7) is 6.67. The molecule has 1 saturated heterocycles. The average Bonchev–Trinajstić information content (AvgIpc) is 2.73. The first-order chi connectivity index (χ1) is 14.4. The minimum atomic E-state index is -0.288. The molecule has 160 valence electrons. The summed E-state index contributed by atoms with van der Waals surface area (Å²) < 4.78 is 5.71. The number of para-hydroxylation sites is 1. The van der Waals surface area contributed by atoms with Gasteiger partial charge in [-0.1, -0.05) is 37.6 Å². The SMILES string of the molecule is CC(C)COc1cccc(C(=O)NC(=S)Nc2cccc(Cl)c2N2CCCCC2)c1. The molecule has 5 nitrogen and oxygen atoms in total. The van der Waals surface area contributed by atoms with Crippen molar-refractivity contribution in [3.63, 3.8) is 0 Å². The van der Waals surface area contributed by atoms with Gasteiger partial charge in [-0.25, -0.2) is 0 Å². The molecule has 2 aromatic carbocycles. The smallest absolute Gasteiger partial charge is 0.257 e. The first-order valence-electron chi connectivity index (χ1n) is 10.3. The summed E-state index contributed by atoms with van der Waals surface area (Å²) in [7, 11) is 0. The van der Waals surface area contributed by atoms with E-state index in [1.54, 1.807) is 18.2 Å². The van der Waals surface area contributed by atoms with E-state index in [0.29, 0.717) is 28.9 Å². The van der Waals surface area contributed by atoms with Gasteiger partial charge in [0.15, 0.2) is 5.11 Å². The van der Waals surface area contributed by atoms with Gasteiger partial charge in [0.1, 0.15) is 5.75 Å². The molecule has 0 spiro atoms. The fourth-order valence-electron chi connectivity index (χ4n) is 3.37. The van der Waals surface area contributed by atoms with Crippen molar-refractivity contribution >= 4 is 46.2 Å². The lowest BCUT2D eigenvalue weighted by atomic mass is 10.1. The summed E-state index contributed by atoms with van der Waals surface area (Å²) in [5.41, 5.74) is 2.21. The number of carbonyl (C=O) groups is 1. The standard InChI is InChI=1S/C23H28ClN3O2S/c1-16(2)15-29-18-9-6-8-17(14-18)22(28)26-23(30)25-20-11-7-10-19(24)21(20)27-12-4-3-5-13-27/h6-11,14,16H,3-5,12-13,15H2,1-2H3,(H2,25,26,28,30). The number of hydrogen-bond donors (Lipinski definition) is 2. The Labute approximate surface area is 188 Å². The van der Waals surface area contributed by atoms with Crippen molar-refractivity contribution in [1.29, 1.82) is 0 Å². The van der Waals surface area contributed by atoms with Crippen molar-refractivity contribution in [2.45, 2.75) is 33.1 Å². The topological polar surface area (TPSA) is 53.6 Å². The van der Waals surface area contributed by atoms with E-state index in [1.165, 1.54) is 6.42 Å². The Morgan fingerprint density at radius 1 is 1.17 bits per heavy atom. The molecule has 0 unspecified atom stereocenters. The predicted octanol–water partition coefficient (Wildman–Crippen LogP) is 5.49. The van der Waals surface area contributed by atoms with Gasteiger partial charge in [-0.3, -0.25) is 10.1 Å². The van der Waals surface area contributed by atoms with Crippen LogP contribution in [0.2, 0.25) is 5.02 Å². The molecular formula is C23H28ClN3O2S. The van der Waals surface area contributed by atoms with Crippen LogP contribution in [0.25, 0.3) is 0 Å². The summed E-state index contributed by atoms with van der Waals surface area (Å²) in [4.78, 5) is 14.9. The number of carbonyl (C=O) groups excluding carboxylic acids is 1. The maximum atomic E-state index is 12.7. The highest BCUT2D eigenvalue weighted by Crippen LogP contribution is 2.35. The highest BCUT2D eigenvalue weighted by Gasteiger charge is 2.18. The van der Waals surface area contributed by atoms with Gasteiger partial charge >= 0.3 is 0 Å². The van der Waals surface area contributed by atoms with Crippen molar-refractivity contribution in [2.24, 2.45) is 5.92 Å². The van der Waals surface area contributed by atoms with Crippen LogP contribution < -0.4 is 20.3 Å². The average molecular weight is 446 g/mol. The molecule has 1 heterocycles. The zero-order valence-electron chi connectivity index (χ0n) is 17.4. The summed E-state index contributed by atoms with van der Waals surface area (Å²) in [6, 6.07) is 12.8. The normalized spacial score (nSPS) is 13.8. The van der Waals surface area contributed by atoms with Gasteiger partial charge in [-0.15, -0.1) is 0 Å². The van der Waals surface area contributed by atoms with Gasteiger partial charge in [0.2, 0.25) is 0 Å². The monoisotopic (exact) mass is 445 g/mol. The first kappa shape index (κ1) is 22.4. The molecule has 7 heteroatoms. The van der Waals surface area contributed by atoms with E-state index < -0.39 is 0 Å². The third-order valence-electron chi connectivity index (χ3n) is 4.81. The minimum Gasteiger partial charge on any atom is -0.493 e. The van der Waals surface area contributed by atoms with Crippen LogP contribution in [0.1, 0.15) is 43.5 Å². The molecule has 2 aromatic rings. The summed E-state index contributed by atoms with van der Waals surface area (Å²) in [5.74, 6) is 0.785. The Balaban J connectivity index is 1.67. The summed E-state index contributed by atoms with van der Waals surface area (Å²) in [5, 5.41) is 6.80. The molecular weight excluding hydrogens is 418 g/mol. The van der Waals surface area contributed by atoms with E-state index in [0.717, 1.165) is 37.3 Å². The number of ether oxygens (including phenoxy) is 1. The second-order valence-corrected chi connectivity index (χ2v) is 8.64. The van der Waals surface area contributed by atoms with E-state index in [-0.39, 0.29) is 11.0 Å². The molecule has 30 heavy (non-hydrogen) atoms. The fourth-order valence-corrected chi connectivity index (χ4v) is 3.87. The number of nitrogens with one attached hydrogen (secondary N) is 2. The van der Waals surface area contributed by atoms with Crippen LogP contribution >= 0.6 is 23.8 Å². The molecule has 0 aromatic heterocycles. The zero-order valence-corrected chi connectivity index (χ0v) is 19.0. The third kappa shape index (κ3) is 6.09. The van der Waals surface area contributed by atoms with Gasteiger partial charge in [0, 0.05) is 18.7 Å². The molecule has 0 radical (unpaired) electrons. The van der Waals surface area contributed by atoms with Gasteiger partial charge in [0.05, 0.1) is 23.0 Å². The van der Waals surface area contributed by atoms with E-state index in [2.05, 4.69) is 29.4 Å². The Hall–Kier alpha value is -2.31. The lowest BCUT2D eigenvalue weighted by Crippen LogP contribution is -2.35.